The summed E-state index contributed by atoms with van der Waals surface area (Å²) >= 11 is 0. The maximum Gasteiger partial charge on any atom is 0.169 e. The minimum Gasteiger partial charge on any atom is -0.294 e. The number of carbonyl (C=O) groups is 1. The maximum atomic E-state index is 11.8. The molecule has 1 nitrogen and oxygen atoms in total. The average molecular weight is 188 g/mol. The van der Waals surface area contributed by atoms with Crippen molar-refractivity contribution in [3.63, 3.8) is 0 Å². The molecular formula is C13H16O. The molecule has 1 rings (SSSR count). The minimum absolute atomic E-state index is 0.0256. The lowest BCUT2D eigenvalue weighted by atomic mass is 9.98. The Hall–Kier alpha value is -1.37. The van der Waals surface area contributed by atoms with Crippen molar-refractivity contribution >= 4 is 5.78 Å². The molecule has 0 N–H and O–H groups in total. The molecule has 0 aromatic heterocycles. The van der Waals surface area contributed by atoms with Crippen LogP contribution in [0.25, 0.3) is 0 Å². The zero-order valence-electron chi connectivity index (χ0n) is 8.95. The van der Waals surface area contributed by atoms with Crippen LogP contribution in [0.5, 0.6) is 0 Å². The van der Waals surface area contributed by atoms with Gasteiger partial charge >= 0.3 is 0 Å². The Morgan fingerprint density at radius 2 is 1.79 bits per heavy atom. The molecule has 0 amide bonds. The molecule has 0 saturated heterocycles. The molecule has 0 spiro atoms. The molecule has 14 heavy (non-hydrogen) atoms. The molecule has 0 aliphatic rings. The third kappa shape index (κ3) is 2.84. The first-order chi connectivity index (χ1) is 6.61. The number of carbonyl (C=O) groups excluding carboxylic acids is 1. The Bertz CT molecular complexity index is 332. The topological polar surface area (TPSA) is 17.1 Å². The monoisotopic (exact) mass is 188 g/mol. The van der Waals surface area contributed by atoms with Crippen LogP contribution in [0, 0.1) is 5.92 Å². The molecule has 0 radical (unpaired) electrons. The number of rotatable bonds is 3. The Morgan fingerprint density at radius 3 is 2.29 bits per heavy atom. The standard InChI is InChI=1S/C13H16O/c1-10(2)9-11(3)13(14)12-7-5-4-6-8-12/h4-9,11H,1-3H3. The fourth-order valence-electron chi connectivity index (χ4n) is 1.44. The van der Waals surface area contributed by atoms with Crippen LogP contribution in [0.15, 0.2) is 42.0 Å². The van der Waals surface area contributed by atoms with Gasteiger partial charge in [0.2, 0.25) is 0 Å². The van der Waals surface area contributed by atoms with Crippen molar-refractivity contribution in [2.75, 3.05) is 0 Å². The van der Waals surface area contributed by atoms with Gasteiger partial charge in [-0.25, -0.2) is 0 Å². The first kappa shape index (κ1) is 10.7. The van der Waals surface area contributed by atoms with E-state index in [9.17, 15) is 4.79 Å². The van der Waals surface area contributed by atoms with Crippen molar-refractivity contribution in [2.24, 2.45) is 5.92 Å². The minimum atomic E-state index is -0.0256. The van der Waals surface area contributed by atoms with E-state index < -0.39 is 0 Å². The van der Waals surface area contributed by atoms with Gasteiger partial charge in [0.15, 0.2) is 5.78 Å². The van der Waals surface area contributed by atoms with Crippen LogP contribution in [-0.4, -0.2) is 5.78 Å². The van der Waals surface area contributed by atoms with Crippen LogP contribution in [-0.2, 0) is 0 Å². The second-order valence-electron chi connectivity index (χ2n) is 3.76. The molecule has 74 valence electrons. The molecule has 0 heterocycles. The molecule has 1 heteroatoms. The lowest BCUT2D eigenvalue weighted by Gasteiger charge is -2.05. The number of benzene rings is 1. The predicted octanol–water partition coefficient (Wildman–Crippen LogP) is 3.47. The van der Waals surface area contributed by atoms with Crippen LogP contribution in [0.3, 0.4) is 0 Å². The van der Waals surface area contributed by atoms with Crippen molar-refractivity contribution in [3.8, 4) is 0 Å². The predicted molar refractivity (Wildman–Crippen MR) is 59.4 cm³/mol. The van der Waals surface area contributed by atoms with Gasteiger partial charge in [-0.1, -0.05) is 48.9 Å². The summed E-state index contributed by atoms with van der Waals surface area (Å²) in [5.41, 5.74) is 1.97. The summed E-state index contributed by atoms with van der Waals surface area (Å²) in [6.45, 7) is 5.95. The summed E-state index contributed by atoms with van der Waals surface area (Å²) in [5, 5.41) is 0. The van der Waals surface area contributed by atoms with Crippen LogP contribution in [0.4, 0.5) is 0 Å². The number of hydrogen-bond acceptors (Lipinski definition) is 1. The van der Waals surface area contributed by atoms with Crippen molar-refractivity contribution in [1.82, 2.24) is 0 Å². The summed E-state index contributed by atoms with van der Waals surface area (Å²) < 4.78 is 0. The SMILES string of the molecule is CC(C)=CC(C)C(=O)c1ccccc1. The number of hydrogen-bond donors (Lipinski definition) is 0. The van der Waals surface area contributed by atoms with Gasteiger partial charge in [-0.3, -0.25) is 4.79 Å². The van der Waals surface area contributed by atoms with E-state index in [0.29, 0.717) is 0 Å². The number of Topliss-reactive ketones (excluding diaryl/α,β-unsaturated/α-hetero) is 1. The van der Waals surface area contributed by atoms with E-state index in [-0.39, 0.29) is 11.7 Å². The third-order valence-corrected chi connectivity index (χ3v) is 2.06. The van der Waals surface area contributed by atoms with Gasteiger partial charge in [0.1, 0.15) is 0 Å². The van der Waals surface area contributed by atoms with Crippen LogP contribution < -0.4 is 0 Å². The fraction of sp³-hybridized carbons (Fsp3) is 0.308. The van der Waals surface area contributed by atoms with Gasteiger partial charge in [-0.2, -0.15) is 0 Å². The number of allylic oxidation sites excluding steroid dienone is 2. The molecule has 0 fully saturated rings. The molecule has 0 saturated carbocycles. The van der Waals surface area contributed by atoms with E-state index in [0.717, 1.165) is 5.56 Å². The summed E-state index contributed by atoms with van der Waals surface area (Å²) in [4.78, 5) is 11.8. The quantitative estimate of drug-likeness (QED) is 0.524. The van der Waals surface area contributed by atoms with Crippen LogP contribution in [0.2, 0.25) is 0 Å². The van der Waals surface area contributed by atoms with E-state index in [1.807, 2.05) is 57.2 Å². The maximum absolute atomic E-state index is 11.8. The normalized spacial score (nSPS) is 11.9. The van der Waals surface area contributed by atoms with E-state index in [2.05, 4.69) is 0 Å². The second kappa shape index (κ2) is 4.75. The molecular weight excluding hydrogens is 172 g/mol. The van der Waals surface area contributed by atoms with Crippen LogP contribution >= 0.6 is 0 Å². The molecule has 0 aliphatic carbocycles. The van der Waals surface area contributed by atoms with Gasteiger partial charge in [0, 0.05) is 11.5 Å². The molecule has 1 aromatic rings. The van der Waals surface area contributed by atoms with Crippen molar-refractivity contribution in [1.29, 1.82) is 0 Å². The zero-order valence-corrected chi connectivity index (χ0v) is 8.95. The molecule has 1 atom stereocenters. The zero-order chi connectivity index (χ0) is 10.6. The molecule has 1 aromatic carbocycles. The summed E-state index contributed by atoms with van der Waals surface area (Å²) in [7, 11) is 0. The lowest BCUT2D eigenvalue weighted by Crippen LogP contribution is -2.08. The molecule has 1 unspecified atom stereocenters. The highest BCUT2D eigenvalue weighted by atomic mass is 16.1. The Kier molecular flexibility index (Phi) is 3.63. The van der Waals surface area contributed by atoms with Gasteiger partial charge in [0.25, 0.3) is 0 Å². The average Bonchev–Trinajstić information content (AvgIpc) is 2.17. The number of ketones is 1. The first-order valence-electron chi connectivity index (χ1n) is 4.85. The molecule has 0 aliphatic heterocycles. The fourth-order valence-corrected chi connectivity index (χ4v) is 1.44. The van der Waals surface area contributed by atoms with Gasteiger partial charge in [-0.15, -0.1) is 0 Å². The summed E-state index contributed by atoms with van der Waals surface area (Å²) in [6, 6.07) is 9.42. The second-order valence-corrected chi connectivity index (χ2v) is 3.76. The highest BCUT2D eigenvalue weighted by Crippen LogP contribution is 2.11. The van der Waals surface area contributed by atoms with Crippen molar-refractivity contribution in [3.05, 3.63) is 47.5 Å². The van der Waals surface area contributed by atoms with Gasteiger partial charge < -0.3 is 0 Å². The lowest BCUT2D eigenvalue weighted by molar-refractivity contribution is 0.0953. The van der Waals surface area contributed by atoms with Crippen molar-refractivity contribution in [2.45, 2.75) is 20.8 Å². The smallest absolute Gasteiger partial charge is 0.169 e. The first-order valence-corrected chi connectivity index (χ1v) is 4.85. The van der Waals surface area contributed by atoms with Crippen molar-refractivity contribution < 1.29 is 4.79 Å². The third-order valence-electron chi connectivity index (χ3n) is 2.06. The highest BCUT2D eigenvalue weighted by Gasteiger charge is 2.11. The Labute approximate surface area is 85.5 Å². The molecule has 0 bridgehead atoms. The van der Waals surface area contributed by atoms with Gasteiger partial charge in [0.05, 0.1) is 0 Å². The Balaban J connectivity index is 2.82. The summed E-state index contributed by atoms with van der Waals surface area (Å²) in [5.74, 6) is 0.161. The summed E-state index contributed by atoms with van der Waals surface area (Å²) in [6.07, 6.45) is 2.00. The highest BCUT2D eigenvalue weighted by molar-refractivity contribution is 5.98. The van der Waals surface area contributed by atoms with E-state index in [1.165, 1.54) is 5.57 Å². The van der Waals surface area contributed by atoms with Gasteiger partial charge in [-0.05, 0) is 13.8 Å². The van der Waals surface area contributed by atoms with E-state index >= 15 is 0 Å². The Morgan fingerprint density at radius 1 is 1.21 bits per heavy atom. The largest absolute Gasteiger partial charge is 0.294 e. The van der Waals surface area contributed by atoms with E-state index in [1.54, 1.807) is 0 Å². The van der Waals surface area contributed by atoms with Crippen LogP contribution in [0.1, 0.15) is 31.1 Å². The van der Waals surface area contributed by atoms with E-state index in [4.69, 9.17) is 0 Å².